The van der Waals surface area contributed by atoms with Crippen LogP contribution in [0.25, 0.3) is 10.8 Å². The second-order valence-electron chi connectivity index (χ2n) is 4.65. The van der Waals surface area contributed by atoms with Gasteiger partial charge in [-0.25, -0.2) is 18.6 Å². The van der Waals surface area contributed by atoms with Crippen LogP contribution in [0.1, 0.15) is 10.4 Å². The van der Waals surface area contributed by atoms with Crippen molar-refractivity contribution in [1.29, 1.82) is 0 Å². The summed E-state index contributed by atoms with van der Waals surface area (Å²) in [4.78, 5) is 15.3. The van der Waals surface area contributed by atoms with Crippen molar-refractivity contribution in [2.75, 3.05) is 5.32 Å². The monoisotopic (exact) mass is 300 g/mol. The Morgan fingerprint density at radius 1 is 1.05 bits per heavy atom. The molecule has 0 atom stereocenters. The van der Waals surface area contributed by atoms with Gasteiger partial charge in [0.25, 0.3) is 0 Å². The van der Waals surface area contributed by atoms with E-state index >= 15 is 0 Å². The Morgan fingerprint density at radius 2 is 1.68 bits per heavy atom. The quantitative estimate of drug-likeness (QED) is 0.768. The number of anilines is 2. The molecule has 0 amide bonds. The third-order valence-corrected chi connectivity index (χ3v) is 3.15. The van der Waals surface area contributed by atoms with Gasteiger partial charge in [-0.15, -0.1) is 0 Å². The number of carboxylic acids is 1. The number of fused-ring (bicyclic) bond motifs is 1. The topological polar surface area (TPSA) is 62.2 Å². The van der Waals surface area contributed by atoms with Gasteiger partial charge in [-0.3, -0.25) is 0 Å². The first kappa shape index (κ1) is 13.9. The summed E-state index contributed by atoms with van der Waals surface area (Å²) in [6.45, 7) is 0. The van der Waals surface area contributed by atoms with E-state index in [4.69, 9.17) is 0 Å². The van der Waals surface area contributed by atoms with Crippen molar-refractivity contribution in [2.45, 2.75) is 0 Å². The summed E-state index contributed by atoms with van der Waals surface area (Å²) in [5.41, 5.74) is 0.254. The van der Waals surface area contributed by atoms with Gasteiger partial charge < -0.3 is 10.4 Å². The maximum atomic E-state index is 13.2. The minimum absolute atomic E-state index is 0.0616. The molecule has 2 aromatic carbocycles. The minimum Gasteiger partial charge on any atom is -0.478 e. The van der Waals surface area contributed by atoms with E-state index in [-0.39, 0.29) is 11.3 Å². The summed E-state index contributed by atoms with van der Waals surface area (Å²) in [6.07, 6.45) is 1.21. The molecular weight excluding hydrogens is 290 g/mol. The zero-order chi connectivity index (χ0) is 15.7. The number of hydrogen-bond donors (Lipinski definition) is 2. The van der Waals surface area contributed by atoms with Crippen LogP contribution < -0.4 is 5.32 Å². The van der Waals surface area contributed by atoms with Crippen molar-refractivity contribution in [3.8, 4) is 0 Å². The van der Waals surface area contributed by atoms with Crippen LogP contribution in [0.15, 0.2) is 48.7 Å². The van der Waals surface area contributed by atoms with Gasteiger partial charge in [0.2, 0.25) is 0 Å². The molecule has 3 rings (SSSR count). The normalized spacial score (nSPS) is 10.6. The Labute approximate surface area is 124 Å². The molecule has 4 nitrogen and oxygen atoms in total. The number of carbonyl (C=O) groups is 1. The molecule has 110 valence electrons. The molecule has 0 fully saturated rings. The van der Waals surface area contributed by atoms with E-state index < -0.39 is 17.6 Å². The Balaban J connectivity index is 2.12. The molecule has 0 radical (unpaired) electrons. The molecule has 1 aromatic heterocycles. The highest BCUT2D eigenvalue weighted by Gasteiger charge is 2.12. The van der Waals surface area contributed by atoms with Gasteiger partial charge in [0.15, 0.2) is 0 Å². The lowest BCUT2D eigenvalue weighted by atomic mass is 10.1. The summed E-state index contributed by atoms with van der Waals surface area (Å²) in [5.74, 6) is -2.19. The molecule has 22 heavy (non-hydrogen) atoms. The molecule has 0 bridgehead atoms. The molecule has 2 N–H and O–H groups in total. The SMILES string of the molecule is O=C(O)c1cnc(Nc2cc(F)cc(F)c2)c2ccccc12. The molecule has 0 spiro atoms. The first-order valence-electron chi connectivity index (χ1n) is 6.39. The van der Waals surface area contributed by atoms with Crippen molar-refractivity contribution in [2.24, 2.45) is 0 Å². The lowest BCUT2D eigenvalue weighted by Gasteiger charge is -2.10. The largest absolute Gasteiger partial charge is 0.478 e. The zero-order valence-electron chi connectivity index (χ0n) is 11.2. The van der Waals surface area contributed by atoms with Crippen LogP contribution in [0.5, 0.6) is 0 Å². The third-order valence-electron chi connectivity index (χ3n) is 3.15. The fraction of sp³-hybridized carbons (Fsp3) is 0. The molecule has 1 heterocycles. The average molecular weight is 300 g/mol. The third kappa shape index (κ3) is 2.58. The van der Waals surface area contributed by atoms with Gasteiger partial charge in [-0.2, -0.15) is 0 Å². The molecule has 0 saturated carbocycles. The number of nitrogens with zero attached hydrogens (tertiary/aromatic N) is 1. The van der Waals surface area contributed by atoms with Crippen LogP contribution in [0, 0.1) is 11.6 Å². The number of aromatic carboxylic acids is 1. The zero-order valence-corrected chi connectivity index (χ0v) is 11.2. The van der Waals surface area contributed by atoms with Crippen molar-refractivity contribution in [1.82, 2.24) is 4.98 Å². The summed E-state index contributed by atoms with van der Waals surface area (Å²) >= 11 is 0. The number of rotatable bonds is 3. The van der Waals surface area contributed by atoms with Crippen LogP contribution in [0.3, 0.4) is 0 Å². The maximum absolute atomic E-state index is 13.2. The Morgan fingerprint density at radius 3 is 2.32 bits per heavy atom. The van der Waals surface area contributed by atoms with Crippen molar-refractivity contribution in [3.63, 3.8) is 0 Å². The number of pyridine rings is 1. The van der Waals surface area contributed by atoms with Crippen LogP contribution in [-0.2, 0) is 0 Å². The Kier molecular flexibility index (Phi) is 3.42. The lowest BCUT2D eigenvalue weighted by Crippen LogP contribution is -2.02. The number of nitrogens with one attached hydrogen (secondary N) is 1. The summed E-state index contributed by atoms with van der Waals surface area (Å²) in [7, 11) is 0. The van der Waals surface area contributed by atoms with Crippen molar-refractivity contribution in [3.05, 3.63) is 65.9 Å². The fourth-order valence-corrected chi connectivity index (χ4v) is 2.23. The predicted octanol–water partition coefficient (Wildman–Crippen LogP) is 3.95. The second-order valence-corrected chi connectivity index (χ2v) is 4.65. The molecular formula is C16H10F2N2O2. The standard InChI is InChI=1S/C16H10F2N2O2/c17-9-5-10(18)7-11(6-9)20-15-13-4-2-1-3-12(13)14(8-19-15)16(21)22/h1-8H,(H,19,20)(H,21,22). The predicted molar refractivity (Wildman–Crippen MR) is 78.3 cm³/mol. The van der Waals surface area contributed by atoms with Crippen LogP contribution in [0.4, 0.5) is 20.3 Å². The maximum Gasteiger partial charge on any atom is 0.337 e. The summed E-state index contributed by atoms with van der Waals surface area (Å²) in [6, 6.07) is 9.80. The number of aromatic nitrogens is 1. The molecule has 0 unspecified atom stereocenters. The summed E-state index contributed by atoms with van der Waals surface area (Å²) < 4.78 is 26.5. The first-order chi connectivity index (χ1) is 10.5. The minimum atomic E-state index is -1.09. The molecule has 6 heteroatoms. The van der Waals surface area contributed by atoms with Gasteiger partial charge in [-0.1, -0.05) is 24.3 Å². The highest BCUT2D eigenvalue weighted by atomic mass is 19.1. The van der Waals surface area contributed by atoms with Gasteiger partial charge in [0, 0.05) is 28.7 Å². The van der Waals surface area contributed by atoms with Gasteiger partial charge in [0.1, 0.15) is 17.5 Å². The van der Waals surface area contributed by atoms with Crippen molar-refractivity contribution >= 4 is 28.2 Å². The number of hydrogen-bond acceptors (Lipinski definition) is 3. The number of halogens is 2. The first-order valence-corrected chi connectivity index (χ1v) is 6.39. The molecule has 3 aromatic rings. The van der Waals surface area contributed by atoms with E-state index in [1.54, 1.807) is 24.3 Å². The van der Waals surface area contributed by atoms with Crippen LogP contribution in [-0.4, -0.2) is 16.1 Å². The van der Waals surface area contributed by atoms with Gasteiger partial charge >= 0.3 is 5.97 Å². The van der Waals surface area contributed by atoms with Crippen LogP contribution >= 0.6 is 0 Å². The van der Waals surface area contributed by atoms with E-state index in [1.165, 1.54) is 6.20 Å². The number of carboxylic acid groups (broad SMARTS) is 1. The number of benzene rings is 2. The lowest BCUT2D eigenvalue weighted by molar-refractivity contribution is 0.0698. The van der Waals surface area contributed by atoms with Gasteiger partial charge in [0.05, 0.1) is 5.56 Å². The van der Waals surface area contributed by atoms with Gasteiger partial charge in [-0.05, 0) is 12.1 Å². The van der Waals surface area contributed by atoms with E-state index in [2.05, 4.69) is 10.3 Å². The molecule has 0 saturated heterocycles. The fourth-order valence-electron chi connectivity index (χ4n) is 2.23. The van der Waals surface area contributed by atoms with E-state index in [9.17, 15) is 18.7 Å². The second kappa shape index (κ2) is 5.40. The van der Waals surface area contributed by atoms with E-state index in [1.807, 2.05) is 0 Å². The van der Waals surface area contributed by atoms with E-state index in [0.29, 0.717) is 16.6 Å². The van der Waals surface area contributed by atoms with Crippen molar-refractivity contribution < 1.29 is 18.7 Å². The smallest absolute Gasteiger partial charge is 0.337 e. The van der Waals surface area contributed by atoms with E-state index in [0.717, 1.165) is 18.2 Å². The highest BCUT2D eigenvalue weighted by Crippen LogP contribution is 2.27. The average Bonchev–Trinajstić information content (AvgIpc) is 2.46. The Bertz CT molecular complexity index is 861. The molecule has 0 aliphatic heterocycles. The summed E-state index contributed by atoms with van der Waals surface area (Å²) in [5, 5.41) is 13.0. The molecule has 0 aliphatic carbocycles. The highest BCUT2D eigenvalue weighted by molar-refractivity contribution is 6.06. The molecule has 0 aliphatic rings. The Hall–Kier alpha value is -3.02. The van der Waals surface area contributed by atoms with Crippen LogP contribution in [0.2, 0.25) is 0 Å².